The van der Waals surface area contributed by atoms with Gasteiger partial charge in [-0.2, -0.15) is 0 Å². The predicted molar refractivity (Wildman–Crippen MR) is 34.2 cm³/mol. The summed E-state index contributed by atoms with van der Waals surface area (Å²) in [5, 5.41) is 0. The van der Waals surface area contributed by atoms with E-state index in [1.165, 1.54) is 18.6 Å². The lowest BCUT2D eigenvalue weighted by molar-refractivity contribution is 0.836. The summed E-state index contributed by atoms with van der Waals surface area (Å²) in [6.45, 7) is 3.42. The van der Waals surface area contributed by atoms with Crippen LogP contribution in [-0.2, 0) is 0 Å². The minimum absolute atomic E-state index is 0.920. The van der Waals surface area contributed by atoms with Crippen LogP contribution in [0.3, 0.4) is 0 Å². The number of rotatable bonds is 1. The van der Waals surface area contributed by atoms with Crippen molar-refractivity contribution in [1.82, 2.24) is 0 Å². The first-order valence-corrected chi connectivity index (χ1v) is 3.41. The molecule has 0 bridgehead atoms. The van der Waals surface area contributed by atoms with Crippen molar-refractivity contribution < 1.29 is 0 Å². The van der Waals surface area contributed by atoms with Crippen molar-refractivity contribution in [2.24, 2.45) is 16.8 Å². The third-order valence-corrected chi connectivity index (χ3v) is 2.22. The molecule has 0 spiro atoms. The molecule has 2 unspecified atom stereocenters. The van der Waals surface area contributed by atoms with Gasteiger partial charge in [0.25, 0.3) is 0 Å². The normalized spacial score (nSPS) is 42.9. The largest absolute Gasteiger partial charge is 0.293 e. The van der Waals surface area contributed by atoms with E-state index in [1.807, 2.05) is 0 Å². The highest BCUT2D eigenvalue weighted by atomic mass is 14.8. The average molecular weight is 109 g/mol. The smallest absolute Gasteiger partial charge is 0.0441 e. The second-order valence-electron chi connectivity index (χ2n) is 2.94. The van der Waals surface area contributed by atoms with Gasteiger partial charge in [-0.05, 0) is 18.3 Å². The van der Waals surface area contributed by atoms with Gasteiger partial charge in [0.05, 0.1) is 0 Å². The van der Waals surface area contributed by atoms with E-state index in [1.54, 1.807) is 0 Å². The Balaban J connectivity index is 2.00. The van der Waals surface area contributed by atoms with Crippen molar-refractivity contribution in [1.29, 1.82) is 0 Å². The molecule has 0 aromatic heterocycles. The molecule has 0 radical (unpaired) electrons. The maximum Gasteiger partial charge on any atom is 0.0441 e. The summed E-state index contributed by atoms with van der Waals surface area (Å²) in [5.41, 5.74) is 1.51. The molecule has 1 aliphatic heterocycles. The summed E-state index contributed by atoms with van der Waals surface area (Å²) < 4.78 is 0. The fourth-order valence-electron chi connectivity index (χ4n) is 1.33. The molecule has 1 aliphatic carbocycles. The number of aliphatic imine (C=N–C) groups is 1. The molecule has 0 aromatic carbocycles. The zero-order valence-corrected chi connectivity index (χ0v) is 5.22. The number of hydrogen-bond acceptors (Lipinski definition) is 1. The first kappa shape index (κ1) is 4.54. The van der Waals surface area contributed by atoms with Gasteiger partial charge in [0.1, 0.15) is 0 Å². The highest BCUT2D eigenvalue weighted by Gasteiger charge is 2.38. The van der Waals surface area contributed by atoms with Crippen LogP contribution < -0.4 is 0 Å². The quantitative estimate of drug-likeness (QED) is 0.483. The van der Waals surface area contributed by atoms with Crippen molar-refractivity contribution in [3.63, 3.8) is 0 Å². The lowest BCUT2D eigenvalue weighted by atomic mass is 10.1. The van der Waals surface area contributed by atoms with Crippen LogP contribution in [0, 0.1) is 11.8 Å². The van der Waals surface area contributed by atoms with Crippen LogP contribution in [-0.4, -0.2) is 12.3 Å². The molecule has 0 amide bonds. The second kappa shape index (κ2) is 1.34. The molecule has 1 nitrogen and oxygen atoms in total. The van der Waals surface area contributed by atoms with E-state index in [0.29, 0.717) is 0 Å². The molecule has 1 heterocycles. The lowest BCUT2D eigenvalue weighted by Crippen LogP contribution is -2.14. The molecule has 1 heteroatoms. The van der Waals surface area contributed by atoms with E-state index in [-0.39, 0.29) is 0 Å². The molecule has 0 saturated heterocycles. The molecule has 2 atom stereocenters. The predicted octanol–water partition coefficient (Wildman–Crippen LogP) is 1.49. The standard InChI is InChI=1S/C7H11N/c1-5-4-6(5)7-2-3-8-7/h5-6H,2-4H2,1H3. The van der Waals surface area contributed by atoms with E-state index in [2.05, 4.69) is 11.9 Å². The van der Waals surface area contributed by atoms with Gasteiger partial charge in [-0.25, -0.2) is 0 Å². The highest BCUT2D eigenvalue weighted by Crippen LogP contribution is 2.41. The van der Waals surface area contributed by atoms with E-state index in [9.17, 15) is 0 Å². The van der Waals surface area contributed by atoms with Crippen molar-refractivity contribution in [2.75, 3.05) is 6.54 Å². The summed E-state index contributed by atoms with van der Waals surface area (Å²) in [4.78, 5) is 4.30. The Morgan fingerprint density at radius 1 is 1.62 bits per heavy atom. The summed E-state index contributed by atoms with van der Waals surface area (Å²) in [6, 6.07) is 0. The Bertz CT molecular complexity index is 137. The van der Waals surface area contributed by atoms with Gasteiger partial charge in [-0.3, -0.25) is 4.99 Å². The molecule has 0 N–H and O–H groups in total. The monoisotopic (exact) mass is 109 g/mol. The third kappa shape index (κ3) is 0.504. The zero-order chi connectivity index (χ0) is 5.56. The van der Waals surface area contributed by atoms with Crippen LogP contribution in [0.1, 0.15) is 19.8 Å². The van der Waals surface area contributed by atoms with Crippen LogP contribution in [0.4, 0.5) is 0 Å². The SMILES string of the molecule is CC1CC1C1=NCC1. The molecule has 2 aliphatic rings. The molecule has 44 valence electrons. The third-order valence-electron chi connectivity index (χ3n) is 2.22. The Labute approximate surface area is 49.8 Å². The Hall–Kier alpha value is -0.330. The van der Waals surface area contributed by atoms with Gasteiger partial charge < -0.3 is 0 Å². The van der Waals surface area contributed by atoms with Crippen molar-refractivity contribution >= 4 is 5.71 Å². The van der Waals surface area contributed by atoms with Crippen LogP contribution >= 0.6 is 0 Å². The minimum atomic E-state index is 0.920. The molecular weight excluding hydrogens is 98.1 g/mol. The summed E-state index contributed by atoms with van der Waals surface area (Å²) in [5.74, 6) is 1.89. The van der Waals surface area contributed by atoms with Crippen molar-refractivity contribution in [3.8, 4) is 0 Å². The van der Waals surface area contributed by atoms with Crippen LogP contribution in [0.5, 0.6) is 0 Å². The number of nitrogens with zero attached hydrogens (tertiary/aromatic N) is 1. The maximum absolute atomic E-state index is 4.30. The Kier molecular flexibility index (Phi) is 0.758. The Morgan fingerprint density at radius 2 is 2.25 bits per heavy atom. The molecule has 0 aromatic rings. The summed E-state index contributed by atoms with van der Waals surface area (Å²) >= 11 is 0. The summed E-state index contributed by atoms with van der Waals surface area (Å²) in [6.07, 6.45) is 2.72. The van der Waals surface area contributed by atoms with E-state index < -0.39 is 0 Å². The molecule has 1 fully saturated rings. The average Bonchev–Trinajstić information content (AvgIpc) is 2.13. The topological polar surface area (TPSA) is 12.4 Å². The minimum Gasteiger partial charge on any atom is -0.293 e. The van der Waals surface area contributed by atoms with Gasteiger partial charge in [-0.15, -0.1) is 0 Å². The van der Waals surface area contributed by atoms with Crippen LogP contribution in [0.2, 0.25) is 0 Å². The van der Waals surface area contributed by atoms with Gasteiger partial charge >= 0.3 is 0 Å². The Morgan fingerprint density at radius 3 is 2.38 bits per heavy atom. The van der Waals surface area contributed by atoms with Gasteiger partial charge in [0.2, 0.25) is 0 Å². The first-order valence-electron chi connectivity index (χ1n) is 3.41. The lowest BCUT2D eigenvalue weighted by Gasteiger charge is -2.11. The fraction of sp³-hybridized carbons (Fsp3) is 0.857. The van der Waals surface area contributed by atoms with Gasteiger partial charge in [0, 0.05) is 18.7 Å². The van der Waals surface area contributed by atoms with E-state index in [0.717, 1.165) is 18.4 Å². The van der Waals surface area contributed by atoms with Crippen LogP contribution in [0.25, 0.3) is 0 Å². The molecule has 8 heavy (non-hydrogen) atoms. The highest BCUT2D eigenvalue weighted by molar-refractivity contribution is 5.92. The maximum atomic E-state index is 4.30. The molecule has 1 saturated carbocycles. The van der Waals surface area contributed by atoms with Crippen molar-refractivity contribution in [2.45, 2.75) is 19.8 Å². The number of hydrogen-bond donors (Lipinski definition) is 0. The van der Waals surface area contributed by atoms with Gasteiger partial charge in [0.15, 0.2) is 0 Å². The second-order valence-corrected chi connectivity index (χ2v) is 2.94. The zero-order valence-electron chi connectivity index (χ0n) is 5.22. The fourth-order valence-corrected chi connectivity index (χ4v) is 1.33. The van der Waals surface area contributed by atoms with E-state index in [4.69, 9.17) is 0 Å². The molecular formula is C7H11N. The van der Waals surface area contributed by atoms with Crippen molar-refractivity contribution in [3.05, 3.63) is 0 Å². The first-order chi connectivity index (χ1) is 3.88. The van der Waals surface area contributed by atoms with Gasteiger partial charge in [-0.1, -0.05) is 6.92 Å². The molecule has 2 rings (SSSR count). The van der Waals surface area contributed by atoms with E-state index >= 15 is 0 Å². The van der Waals surface area contributed by atoms with Crippen LogP contribution in [0.15, 0.2) is 4.99 Å². The summed E-state index contributed by atoms with van der Waals surface area (Å²) in [7, 11) is 0.